The van der Waals surface area contributed by atoms with Gasteiger partial charge in [-0.05, 0) is 19.4 Å². The van der Waals surface area contributed by atoms with E-state index in [1.165, 1.54) is 13.2 Å². The fourth-order valence-corrected chi connectivity index (χ4v) is 1.61. The number of esters is 1. The molecular formula is C13H18FNO2. The molecule has 3 nitrogen and oxygen atoms in total. The first-order valence-electron chi connectivity index (χ1n) is 5.64. The number of halogens is 1. The minimum absolute atomic E-state index is 0.261. The lowest BCUT2D eigenvalue weighted by Gasteiger charge is -2.14. The number of hydrogen-bond acceptors (Lipinski definition) is 3. The van der Waals surface area contributed by atoms with Crippen molar-refractivity contribution in [3.05, 3.63) is 35.1 Å². The Morgan fingerprint density at radius 1 is 1.53 bits per heavy atom. The van der Waals surface area contributed by atoms with E-state index >= 15 is 0 Å². The molecule has 1 rings (SSSR count). The Morgan fingerprint density at radius 2 is 2.24 bits per heavy atom. The molecule has 0 amide bonds. The Hall–Kier alpha value is -1.42. The Labute approximate surface area is 101 Å². The van der Waals surface area contributed by atoms with Crippen LogP contribution < -0.4 is 5.32 Å². The highest BCUT2D eigenvalue weighted by molar-refractivity contribution is 5.75. The summed E-state index contributed by atoms with van der Waals surface area (Å²) in [4.78, 5) is 11.3. The van der Waals surface area contributed by atoms with Gasteiger partial charge in [0.2, 0.25) is 0 Å². The van der Waals surface area contributed by atoms with Crippen molar-refractivity contribution in [3.8, 4) is 0 Å². The second-order valence-electron chi connectivity index (χ2n) is 3.96. The molecular weight excluding hydrogens is 221 g/mol. The van der Waals surface area contributed by atoms with Gasteiger partial charge in [0.25, 0.3) is 0 Å². The Bertz CT molecular complexity index is 393. The van der Waals surface area contributed by atoms with E-state index in [1.807, 2.05) is 13.8 Å². The van der Waals surface area contributed by atoms with E-state index in [1.54, 1.807) is 12.1 Å². The van der Waals surface area contributed by atoms with Crippen molar-refractivity contribution >= 4 is 5.97 Å². The first-order valence-corrected chi connectivity index (χ1v) is 5.64. The molecule has 0 spiro atoms. The van der Waals surface area contributed by atoms with Crippen LogP contribution in [0.1, 0.15) is 24.5 Å². The molecule has 1 atom stereocenters. The molecule has 0 aliphatic heterocycles. The van der Waals surface area contributed by atoms with E-state index in [2.05, 4.69) is 10.1 Å². The van der Waals surface area contributed by atoms with Crippen molar-refractivity contribution in [2.45, 2.75) is 32.9 Å². The number of ether oxygens (including phenoxy) is 1. The molecule has 17 heavy (non-hydrogen) atoms. The molecule has 1 aromatic rings. The molecule has 4 heteroatoms. The molecule has 0 aromatic heterocycles. The molecule has 1 N–H and O–H groups in total. The van der Waals surface area contributed by atoms with Gasteiger partial charge in [0, 0.05) is 12.1 Å². The standard InChI is InChI=1S/C13H18FNO2/c1-4-12(13(16)17-3)15-8-10-7-9(2)5-6-11(10)14/h5-7,12,15H,4,8H2,1-3H3. The predicted molar refractivity (Wildman–Crippen MR) is 64.1 cm³/mol. The number of benzene rings is 1. The van der Waals surface area contributed by atoms with Gasteiger partial charge in [0.15, 0.2) is 0 Å². The van der Waals surface area contributed by atoms with Gasteiger partial charge in [0.1, 0.15) is 11.9 Å². The normalized spacial score (nSPS) is 12.2. The summed E-state index contributed by atoms with van der Waals surface area (Å²) < 4.78 is 18.1. The van der Waals surface area contributed by atoms with Crippen LogP contribution in [0.5, 0.6) is 0 Å². The van der Waals surface area contributed by atoms with E-state index in [4.69, 9.17) is 0 Å². The molecule has 0 saturated carbocycles. The summed E-state index contributed by atoms with van der Waals surface area (Å²) in [6.07, 6.45) is 0.611. The number of rotatable bonds is 5. The maximum Gasteiger partial charge on any atom is 0.322 e. The maximum atomic E-state index is 13.5. The van der Waals surface area contributed by atoms with E-state index in [9.17, 15) is 9.18 Å². The smallest absolute Gasteiger partial charge is 0.322 e. The van der Waals surface area contributed by atoms with Gasteiger partial charge in [-0.1, -0.05) is 24.6 Å². The van der Waals surface area contributed by atoms with Gasteiger partial charge in [-0.25, -0.2) is 4.39 Å². The van der Waals surface area contributed by atoms with Crippen LogP contribution in [0.2, 0.25) is 0 Å². The van der Waals surface area contributed by atoms with E-state index < -0.39 is 0 Å². The van der Waals surface area contributed by atoms with Crippen LogP contribution >= 0.6 is 0 Å². The number of carbonyl (C=O) groups is 1. The molecule has 94 valence electrons. The Morgan fingerprint density at radius 3 is 2.82 bits per heavy atom. The molecule has 0 fully saturated rings. The highest BCUT2D eigenvalue weighted by Gasteiger charge is 2.16. The van der Waals surface area contributed by atoms with Gasteiger partial charge in [0.05, 0.1) is 7.11 Å². The zero-order chi connectivity index (χ0) is 12.8. The second kappa shape index (κ2) is 6.35. The average Bonchev–Trinajstić information content (AvgIpc) is 2.33. The zero-order valence-corrected chi connectivity index (χ0v) is 10.4. The summed E-state index contributed by atoms with van der Waals surface area (Å²) in [6.45, 7) is 4.10. The molecule has 1 aromatic carbocycles. The third-order valence-corrected chi connectivity index (χ3v) is 2.63. The molecule has 0 aliphatic carbocycles. The molecule has 0 radical (unpaired) electrons. The lowest BCUT2D eigenvalue weighted by atomic mass is 10.1. The largest absolute Gasteiger partial charge is 0.468 e. The molecule has 1 unspecified atom stereocenters. The number of hydrogen-bond donors (Lipinski definition) is 1. The lowest BCUT2D eigenvalue weighted by Crippen LogP contribution is -2.36. The fourth-order valence-electron chi connectivity index (χ4n) is 1.61. The lowest BCUT2D eigenvalue weighted by molar-refractivity contribution is -0.143. The van der Waals surface area contributed by atoms with Gasteiger partial charge >= 0.3 is 5.97 Å². The first kappa shape index (κ1) is 13.6. The number of aryl methyl sites for hydroxylation is 1. The SMILES string of the molecule is CCC(NCc1cc(C)ccc1F)C(=O)OC. The third-order valence-electron chi connectivity index (χ3n) is 2.63. The molecule has 0 saturated heterocycles. The van der Waals surface area contributed by atoms with Crippen LogP contribution in [-0.2, 0) is 16.1 Å². The number of nitrogens with one attached hydrogen (secondary N) is 1. The van der Waals surface area contributed by atoms with E-state index in [-0.39, 0.29) is 17.8 Å². The fraction of sp³-hybridized carbons (Fsp3) is 0.462. The van der Waals surface area contributed by atoms with Crippen molar-refractivity contribution < 1.29 is 13.9 Å². The van der Waals surface area contributed by atoms with Gasteiger partial charge in [-0.15, -0.1) is 0 Å². The maximum absolute atomic E-state index is 13.5. The third kappa shape index (κ3) is 3.82. The highest BCUT2D eigenvalue weighted by Crippen LogP contribution is 2.10. The molecule has 0 heterocycles. The quantitative estimate of drug-likeness (QED) is 0.800. The van der Waals surface area contributed by atoms with Crippen LogP contribution in [-0.4, -0.2) is 19.1 Å². The van der Waals surface area contributed by atoms with Crippen LogP contribution in [0.4, 0.5) is 4.39 Å². The van der Waals surface area contributed by atoms with Crippen LogP contribution in [0, 0.1) is 12.7 Å². The van der Waals surface area contributed by atoms with Crippen molar-refractivity contribution in [3.63, 3.8) is 0 Å². The van der Waals surface area contributed by atoms with E-state index in [0.717, 1.165) is 5.56 Å². The Kier molecular flexibility index (Phi) is 5.10. The van der Waals surface area contributed by atoms with Crippen molar-refractivity contribution in [1.82, 2.24) is 5.32 Å². The first-order chi connectivity index (χ1) is 8.08. The highest BCUT2D eigenvalue weighted by atomic mass is 19.1. The van der Waals surface area contributed by atoms with Crippen LogP contribution in [0.3, 0.4) is 0 Å². The zero-order valence-electron chi connectivity index (χ0n) is 10.4. The van der Waals surface area contributed by atoms with Crippen LogP contribution in [0.25, 0.3) is 0 Å². The summed E-state index contributed by atoms with van der Waals surface area (Å²) in [5, 5.41) is 2.99. The van der Waals surface area contributed by atoms with Crippen molar-refractivity contribution in [1.29, 1.82) is 0 Å². The molecule has 0 aliphatic rings. The van der Waals surface area contributed by atoms with Gasteiger partial charge in [-0.2, -0.15) is 0 Å². The number of carbonyl (C=O) groups excluding carboxylic acids is 1. The average molecular weight is 239 g/mol. The van der Waals surface area contributed by atoms with E-state index in [0.29, 0.717) is 18.5 Å². The van der Waals surface area contributed by atoms with Crippen molar-refractivity contribution in [2.75, 3.05) is 7.11 Å². The number of methoxy groups -OCH3 is 1. The van der Waals surface area contributed by atoms with Crippen molar-refractivity contribution in [2.24, 2.45) is 0 Å². The minimum Gasteiger partial charge on any atom is -0.468 e. The Balaban J connectivity index is 2.65. The summed E-state index contributed by atoms with van der Waals surface area (Å²) in [5.41, 5.74) is 1.56. The monoisotopic (exact) mass is 239 g/mol. The predicted octanol–water partition coefficient (Wildman–Crippen LogP) is 2.18. The van der Waals surface area contributed by atoms with Gasteiger partial charge < -0.3 is 10.1 Å². The van der Waals surface area contributed by atoms with Crippen LogP contribution in [0.15, 0.2) is 18.2 Å². The summed E-state index contributed by atoms with van der Waals surface area (Å²) in [5.74, 6) is -0.580. The summed E-state index contributed by atoms with van der Waals surface area (Å²) in [7, 11) is 1.35. The van der Waals surface area contributed by atoms with Gasteiger partial charge in [-0.3, -0.25) is 4.79 Å². The topological polar surface area (TPSA) is 38.3 Å². The molecule has 0 bridgehead atoms. The minimum atomic E-state index is -0.389. The second-order valence-corrected chi connectivity index (χ2v) is 3.96. The summed E-state index contributed by atoms with van der Waals surface area (Å²) >= 11 is 0. The summed E-state index contributed by atoms with van der Waals surface area (Å²) in [6, 6.07) is 4.54.